The van der Waals surface area contributed by atoms with Crippen LogP contribution in [0.5, 0.6) is 5.75 Å². The number of hydrogen-bond donors (Lipinski definition) is 1. The Morgan fingerprint density at radius 1 is 1.14 bits per heavy atom. The van der Waals surface area contributed by atoms with Crippen LogP contribution in [-0.4, -0.2) is 43.3 Å². The molecule has 1 aromatic heterocycles. The average molecular weight is 404 g/mol. The third-order valence-electron chi connectivity index (χ3n) is 4.70. The summed E-state index contributed by atoms with van der Waals surface area (Å²) in [5.41, 5.74) is 1.63. The van der Waals surface area contributed by atoms with Gasteiger partial charge in [0.05, 0.1) is 4.90 Å². The van der Waals surface area contributed by atoms with Crippen molar-refractivity contribution >= 4 is 15.9 Å². The SMILES string of the molecule is Cc1cc(S(=O)(=O)N2CCCCC2)ccc1OCC(=O)NCc1ccncc1. The number of rotatable bonds is 7. The second-order valence-electron chi connectivity index (χ2n) is 6.81. The summed E-state index contributed by atoms with van der Waals surface area (Å²) in [6.45, 7) is 3.18. The van der Waals surface area contributed by atoms with Crippen molar-refractivity contribution in [3.63, 3.8) is 0 Å². The van der Waals surface area contributed by atoms with E-state index in [0.29, 0.717) is 30.9 Å². The van der Waals surface area contributed by atoms with E-state index < -0.39 is 10.0 Å². The fourth-order valence-corrected chi connectivity index (χ4v) is 4.70. The van der Waals surface area contributed by atoms with E-state index in [9.17, 15) is 13.2 Å². The Morgan fingerprint density at radius 2 is 1.86 bits per heavy atom. The molecule has 0 saturated carbocycles. The molecule has 0 bridgehead atoms. The predicted molar refractivity (Wildman–Crippen MR) is 105 cm³/mol. The number of benzene rings is 1. The highest BCUT2D eigenvalue weighted by atomic mass is 32.2. The van der Waals surface area contributed by atoms with Gasteiger partial charge in [-0.3, -0.25) is 9.78 Å². The molecule has 0 atom stereocenters. The fraction of sp³-hybridized carbons (Fsp3) is 0.400. The molecule has 7 nitrogen and oxygen atoms in total. The van der Waals surface area contributed by atoms with Crippen molar-refractivity contribution in [2.24, 2.45) is 0 Å². The molecule has 1 aliphatic heterocycles. The van der Waals surface area contributed by atoms with Crippen molar-refractivity contribution in [3.05, 3.63) is 53.9 Å². The van der Waals surface area contributed by atoms with Gasteiger partial charge in [0.2, 0.25) is 10.0 Å². The molecule has 1 amide bonds. The minimum atomic E-state index is -3.48. The molecule has 1 N–H and O–H groups in total. The molecular formula is C20H25N3O4S. The molecule has 150 valence electrons. The predicted octanol–water partition coefficient (Wildman–Crippen LogP) is 2.26. The van der Waals surface area contributed by atoms with Gasteiger partial charge in [0, 0.05) is 32.0 Å². The lowest BCUT2D eigenvalue weighted by molar-refractivity contribution is -0.123. The Bertz CT molecular complexity index is 910. The Kier molecular flexibility index (Phi) is 6.64. The van der Waals surface area contributed by atoms with Crippen LogP contribution in [0.25, 0.3) is 0 Å². The van der Waals surface area contributed by atoms with Gasteiger partial charge >= 0.3 is 0 Å². The summed E-state index contributed by atoms with van der Waals surface area (Å²) in [4.78, 5) is 16.2. The van der Waals surface area contributed by atoms with Crippen molar-refractivity contribution in [3.8, 4) is 5.75 Å². The number of pyridine rings is 1. The Morgan fingerprint density at radius 3 is 2.54 bits per heavy atom. The number of nitrogens with zero attached hydrogens (tertiary/aromatic N) is 2. The van der Waals surface area contributed by atoms with E-state index in [-0.39, 0.29) is 17.4 Å². The lowest BCUT2D eigenvalue weighted by Gasteiger charge is -2.26. The summed E-state index contributed by atoms with van der Waals surface area (Å²) >= 11 is 0. The quantitative estimate of drug-likeness (QED) is 0.766. The zero-order valence-corrected chi connectivity index (χ0v) is 16.7. The highest BCUT2D eigenvalue weighted by Gasteiger charge is 2.26. The minimum absolute atomic E-state index is 0.135. The number of carbonyl (C=O) groups excluding carboxylic acids is 1. The maximum atomic E-state index is 12.8. The van der Waals surface area contributed by atoms with Gasteiger partial charge in [0.1, 0.15) is 5.75 Å². The van der Waals surface area contributed by atoms with Gasteiger partial charge < -0.3 is 10.1 Å². The topological polar surface area (TPSA) is 88.6 Å². The van der Waals surface area contributed by atoms with E-state index in [1.165, 1.54) is 0 Å². The summed E-state index contributed by atoms with van der Waals surface area (Å²) in [6, 6.07) is 8.41. The van der Waals surface area contributed by atoms with Crippen LogP contribution in [0.15, 0.2) is 47.6 Å². The van der Waals surface area contributed by atoms with Gasteiger partial charge in [-0.15, -0.1) is 0 Å². The number of hydrogen-bond acceptors (Lipinski definition) is 5. The van der Waals surface area contributed by atoms with Gasteiger partial charge in [0.15, 0.2) is 6.61 Å². The number of carbonyl (C=O) groups is 1. The molecular weight excluding hydrogens is 378 g/mol. The Hall–Kier alpha value is -2.45. The third kappa shape index (κ3) is 5.08. The number of sulfonamides is 1. The number of amides is 1. The molecule has 2 aromatic rings. The summed E-state index contributed by atoms with van der Waals surface area (Å²) in [5, 5.41) is 2.77. The second kappa shape index (κ2) is 9.16. The molecule has 8 heteroatoms. The molecule has 0 aliphatic carbocycles. The van der Waals surface area contributed by atoms with Gasteiger partial charge in [-0.05, 0) is 61.2 Å². The molecule has 1 aliphatic rings. The fourth-order valence-electron chi connectivity index (χ4n) is 3.09. The van der Waals surface area contributed by atoms with Crippen molar-refractivity contribution in [2.75, 3.05) is 19.7 Å². The van der Waals surface area contributed by atoms with Crippen molar-refractivity contribution in [2.45, 2.75) is 37.6 Å². The molecule has 0 spiro atoms. The van der Waals surface area contributed by atoms with Gasteiger partial charge in [0.25, 0.3) is 5.91 Å². The summed E-state index contributed by atoms with van der Waals surface area (Å²) < 4.78 is 32.6. The molecule has 0 unspecified atom stereocenters. The van der Waals surface area contributed by atoms with Crippen molar-refractivity contribution < 1.29 is 17.9 Å². The lowest BCUT2D eigenvalue weighted by Crippen LogP contribution is -2.35. The minimum Gasteiger partial charge on any atom is -0.484 e. The second-order valence-corrected chi connectivity index (χ2v) is 8.75. The first-order valence-electron chi connectivity index (χ1n) is 9.36. The number of piperidine rings is 1. The number of aromatic nitrogens is 1. The van der Waals surface area contributed by atoms with Gasteiger partial charge in [-0.2, -0.15) is 4.31 Å². The molecule has 2 heterocycles. The van der Waals surface area contributed by atoms with E-state index in [1.807, 2.05) is 12.1 Å². The summed E-state index contributed by atoms with van der Waals surface area (Å²) in [6.07, 6.45) is 6.20. The van der Waals surface area contributed by atoms with Crippen LogP contribution in [0.3, 0.4) is 0 Å². The lowest BCUT2D eigenvalue weighted by atomic mass is 10.2. The van der Waals surface area contributed by atoms with Crippen LogP contribution < -0.4 is 10.1 Å². The first-order valence-corrected chi connectivity index (χ1v) is 10.8. The van der Waals surface area contributed by atoms with Crippen LogP contribution in [0, 0.1) is 6.92 Å². The number of aryl methyl sites for hydroxylation is 1. The van der Waals surface area contributed by atoms with Gasteiger partial charge in [-0.25, -0.2) is 8.42 Å². The van der Waals surface area contributed by atoms with Crippen LogP contribution >= 0.6 is 0 Å². The largest absolute Gasteiger partial charge is 0.484 e. The van der Waals surface area contributed by atoms with Gasteiger partial charge in [-0.1, -0.05) is 6.42 Å². The molecule has 1 saturated heterocycles. The Balaban J connectivity index is 1.57. The maximum absolute atomic E-state index is 12.8. The molecule has 1 fully saturated rings. The average Bonchev–Trinajstić information content (AvgIpc) is 2.72. The standard InChI is InChI=1S/C20H25N3O4S/c1-16-13-18(28(25,26)23-11-3-2-4-12-23)5-6-19(16)27-15-20(24)22-14-17-7-9-21-10-8-17/h5-10,13H,2-4,11-12,14-15H2,1H3,(H,22,24). The highest BCUT2D eigenvalue weighted by Crippen LogP contribution is 2.25. The summed E-state index contributed by atoms with van der Waals surface area (Å²) in [7, 11) is -3.48. The van der Waals surface area contributed by atoms with E-state index >= 15 is 0 Å². The van der Waals surface area contributed by atoms with Crippen LogP contribution in [0.4, 0.5) is 0 Å². The normalized spacial score (nSPS) is 15.2. The monoisotopic (exact) mass is 403 g/mol. The molecule has 1 aromatic carbocycles. The Labute approximate surface area is 165 Å². The molecule has 28 heavy (non-hydrogen) atoms. The van der Waals surface area contributed by atoms with Crippen LogP contribution in [-0.2, 0) is 21.4 Å². The van der Waals surface area contributed by atoms with Crippen LogP contribution in [0.2, 0.25) is 0 Å². The summed E-state index contributed by atoms with van der Waals surface area (Å²) in [5.74, 6) is 0.248. The highest BCUT2D eigenvalue weighted by molar-refractivity contribution is 7.89. The smallest absolute Gasteiger partial charge is 0.258 e. The zero-order chi connectivity index (χ0) is 20.0. The molecule has 0 radical (unpaired) electrons. The number of ether oxygens (including phenoxy) is 1. The van der Waals surface area contributed by atoms with E-state index in [0.717, 1.165) is 24.8 Å². The first kappa shape index (κ1) is 20.3. The van der Waals surface area contributed by atoms with E-state index in [1.54, 1.807) is 41.8 Å². The van der Waals surface area contributed by atoms with Crippen LogP contribution in [0.1, 0.15) is 30.4 Å². The van der Waals surface area contributed by atoms with Crippen molar-refractivity contribution in [1.82, 2.24) is 14.6 Å². The third-order valence-corrected chi connectivity index (χ3v) is 6.59. The molecule has 3 rings (SSSR count). The first-order chi connectivity index (χ1) is 13.5. The van der Waals surface area contributed by atoms with E-state index in [2.05, 4.69) is 10.3 Å². The number of nitrogens with one attached hydrogen (secondary N) is 1. The van der Waals surface area contributed by atoms with Crippen molar-refractivity contribution in [1.29, 1.82) is 0 Å². The zero-order valence-electron chi connectivity index (χ0n) is 15.9. The van der Waals surface area contributed by atoms with E-state index in [4.69, 9.17) is 4.74 Å². The maximum Gasteiger partial charge on any atom is 0.258 e.